The van der Waals surface area contributed by atoms with Gasteiger partial charge in [-0.25, -0.2) is 0 Å². The molecule has 0 heterocycles. The lowest BCUT2D eigenvalue weighted by Crippen LogP contribution is -2.21. The normalized spacial score (nSPS) is 25.7. The average Bonchev–Trinajstić information content (AvgIpc) is 2.24. The van der Waals surface area contributed by atoms with Crippen LogP contribution in [0.3, 0.4) is 0 Å². The maximum atomic E-state index is 9.66. The van der Waals surface area contributed by atoms with Crippen LogP contribution in [0.2, 0.25) is 0 Å². The van der Waals surface area contributed by atoms with Crippen molar-refractivity contribution in [3.63, 3.8) is 0 Å². The highest BCUT2D eigenvalue weighted by atomic mass is 16.3. The van der Waals surface area contributed by atoms with Crippen LogP contribution in [-0.2, 0) is 6.42 Å². The average molecular weight is 218 g/mol. The first kappa shape index (κ1) is 11.7. The minimum Gasteiger partial charge on any atom is -0.393 e. The Kier molecular flexibility index (Phi) is 3.65. The van der Waals surface area contributed by atoms with Gasteiger partial charge in [-0.1, -0.05) is 24.6 Å². The van der Waals surface area contributed by atoms with Gasteiger partial charge in [0, 0.05) is 0 Å². The highest BCUT2D eigenvalue weighted by Crippen LogP contribution is 2.27. The summed E-state index contributed by atoms with van der Waals surface area (Å²) < 4.78 is 0. The third-order valence-electron chi connectivity index (χ3n) is 3.85. The molecule has 0 amide bonds. The summed E-state index contributed by atoms with van der Waals surface area (Å²) in [6.45, 7) is 4.33. The smallest absolute Gasteiger partial charge is 0.0543 e. The molecule has 1 saturated carbocycles. The van der Waals surface area contributed by atoms with E-state index < -0.39 is 0 Å². The standard InChI is InChI=1S/C15H22O/c1-11-6-7-14(8-12(11)2)9-13-4-3-5-15(16)10-13/h6-8,13,15-16H,3-5,9-10H2,1-2H3. The van der Waals surface area contributed by atoms with Gasteiger partial charge in [0.25, 0.3) is 0 Å². The predicted molar refractivity (Wildman–Crippen MR) is 67.6 cm³/mol. The molecule has 0 radical (unpaired) electrons. The van der Waals surface area contributed by atoms with Crippen LogP contribution in [0.5, 0.6) is 0 Å². The number of aryl methyl sites for hydroxylation is 2. The van der Waals surface area contributed by atoms with Crippen molar-refractivity contribution in [3.05, 3.63) is 34.9 Å². The first-order chi connectivity index (χ1) is 7.65. The van der Waals surface area contributed by atoms with Crippen LogP contribution in [0, 0.1) is 19.8 Å². The van der Waals surface area contributed by atoms with Gasteiger partial charge in [-0.2, -0.15) is 0 Å². The molecule has 1 aromatic rings. The molecule has 1 nitrogen and oxygen atoms in total. The number of benzene rings is 1. The zero-order valence-electron chi connectivity index (χ0n) is 10.4. The van der Waals surface area contributed by atoms with E-state index in [-0.39, 0.29) is 6.10 Å². The fourth-order valence-corrected chi connectivity index (χ4v) is 2.71. The van der Waals surface area contributed by atoms with Crippen LogP contribution in [0.1, 0.15) is 42.4 Å². The first-order valence-corrected chi connectivity index (χ1v) is 6.39. The summed E-state index contributed by atoms with van der Waals surface area (Å²) in [7, 11) is 0. The molecule has 1 aromatic carbocycles. The van der Waals surface area contributed by atoms with Crippen molar-refractivity contribution >= 4 is 0 Å². The summed E-state index contributed by atoms with van der Waals surface area (Å²) in [4.78, 5) is 0. The Labute approximate surface area is 98.5 Å². The Balaban J connectivity index is 2.00. The Morgan fingerprint density at radius 3 is 2.69 bits per heavy atom. The fourth-order valence-electron chi connectivity index (χ4n) is 2.71. The molecule has 16 heavy (non-hydrogen) atoms. The van der Waals surface area contributed by atoms with Gasteiger partial charge < -0.3 is 5.11 Å². The lowest BCUT2D eigenvalue weighted by molar-refractivity contribution is 0.101. The van der Waals surface area contributed by atoms with Crippen molar-refractivity contribution in [1.29, 1.82) is 0 Å². The van der Waals surface area contributed by atoms with E-state index in [4.69, 9.17) is 0 Å². The molecule has 1 N–H and O–H groups in total. The summed E-state index contributed by atoms with van der Waals surface area (Å²) in [6.07, 6.45) is 5.56. The minimum absolute atomic E-state index is 0.0507. The van der Waals surface area contributed by atoms with Crippen molar-refractivity contribution in [3.8, 4) is 0 Å². The molecule has 1 aliphatic carbocycles. The van der Waals surface area contributed by atoms with Crippen LogP contribution in [0.25, 0.3) is 0 Å². The second-order valence-corrected chi connectivity index (χ2v) is 5.31. The number of rotatable bonds is 2. The molecule has 1 heteroatoms. The van der Waals surface area contributed by atoms with Gasteiger partial charge in [-0.05, 0) is 62.1 Å². The third kappa shape index (κ3) is 2.85. The molecular weight excluding hydrogens is 196 g/mol. The fraction of sp³-hybridized carbons (Fsp3) is 0.600. The summed E-state index contributed by atoms with van der Waals surface area (Å²) in [5.74, 6) is 0.686. The maximum absolute atomic E-state index is 9.66. The largest absolute Gasteiger partial charge is 0.393 e. The quantitative estimate of drug-likeness (QED) is 0.806. The van der Waals surface area contributed by atoms with Gasteiger partial charge >= 0.3 is 0 Å². The lowest BCUT2D eigenvalue weighted by Gasteiger charge is -2.26. The second kappa shape index (κ2) is 5.01. The molecular formula is C15H22O. The molecule has 0 spiro atoms. The van der Waals surface area contributed by atoms with E-state index in [1.54, 1.807) is 0 Å². The van der Waals surface area contributed by atoms with Gasteiger partial charge in [0.1, 0.15) is 0 Å². The van der Waals surface area contributed by atoms with Gasteiger partial charge in [-0.3, -0.25) is 0 Å². The van der Waals surface area contributed by atoms with Crippen LogP contribution in [0.4, 0.5) is 0 Å². The zero-order valence-corrected chi connectivity index (χ0v) is 10.4. The molecule has 2 atom stereocenters. The minimum atomic E-state index is -0.0507. The highest BCUT2D eigenvalue weighted by Gasteiger charge is 2.20. The van der Waals surface area contributed by atoms with Crippen molar-refractivity contribution in [2.24, 2.45) is 5.92 Å². The van der Waals surface area contributed by atoms with Gasteiger partial charge in [-0.15, -0.1) is 0 Å². The number of hydrogen-bond acceptors (Lipinski definition) is 1. The molecule has 2 rings (SSSR count). The van der Waals surface area contributed by atoms with Crippen molar-refractivity contribution in [2.75, 3.05) is 0 Å². The summed E-state index contributed by atoms with van der Waals surface area (Å²) in [5, 5.41) is 9.66. The molecule has 0 aliphatic heterocycles. The van der Waals surface area contributed by atoms with E-state index in [0.29, 0.717) is 5.92 Å². The molecule has 0 bridgehead atoms. The summed E-state index contributed by atoms with van der Waals surface area (Å²) in [6, 6.07) is 6.75. The highest BCUT2D eigenvalue weighted by molar-refractivity contribution is 5.30. The van der Waals surface area contributed by atoms with Crippen molar-refractivity contribution in [1.82, 2.24) is 0 Å². The lowest BCUT2D eigenvalue weighted by atomic mass is 9.83. The Morgan fingerprint density at radius 2 is 2.00 bits per heavy atom. The molecule has 88 valence electrons. The Morgan fingerprint density at radius 1 is 1.19 bits per heavy atom. The molecule has 1 fully saturated rings. The van der Waals surface area contributed by atoms with Crippen LogP contribution < -0.4 is 0 Å². The van der Waals surface area contributed by atoms with E-state index >= 15 is 0 Å². The SMILES string of the molecule is Cc1ccc(CC2CCCC(O)C2)cc1C. The molecule has 0 saturated heterocycles. The summed E-state index contributed by atoms with van der Waals surface area (Å²) in [5.41, 5.74) is 4.18. The monoisotopic (exact) mass is 218 g/mol. The van der Waals surface area contributed by atoms with Gasteiger partial charge in [0.2, 0.25) is 0 Å². The van der Waals surface area contributed by atoms with Gasteiger partial charge in [0.15, 0.2) is 0 Å². The Hall–Kier alpha value is -0.820. The van der Waals surface area contributed by atoms with Crippen LogP contribution >= 0.6 is 0 Å². The zero-order chi connectivity index (χ0) is 11.5. The maximum Gasteiger partial charge on any atom is 0.0543 e. The predicted octanol–water partition coefficient (Wildman–Crippen LogP) is 3.40. The molecule has 2 unspecified atom stereocenters. The van der Waals surface area contributed by atoms with E-state index in [1.807, 2.05) is 0 Å². The van der Waals surface area contributed by atoms with Crippen molar-refractivity contribution in [2.45, 2.75) is 52.1 Å². The summed E-state index contributed by atoms with van der Waals surface area (Å²) >= 11 is 0. The first-order valence-electron chi connectivity index (χ1n) is 6.39. The molecule has 0 aromatic heterocycles. The number of hydrogen-bond donors (Lipinski definition) is 1. The third-order valence-corrected chi connectivity index (χ3v) is 3.85. The number of aliphatic hydroxyl groups is 1. The van der Waals surface area contributed by atoms with Crippen LogP contribution in [-0.4, -0.2) is 11.2 Å². The van der Waals surface area contributed by atoms with E-state index in [0.717, 1.165) is 19.3 Å². The molecule has 1 aliphatic rings. The van der Waals surface area contributed by atoms with Crippen molar-refractivity contribution < 1.29 is 5.11 Å². The number of aliphatic hydroxyl groups excluding tert-OH is 1. The van der Waals surface area contributed by atoms with E-state index in [1.165, 1.54) is 29.5 Å². The van der Waals surface area contributed by atoms with Gasteiger partial charge in [0.05, 0.1) is 6.10 Å². The van der Waals surface area contributed by atoms with E-state index in [2.05, 4.69) is 32.0 Å². The van der Waals surface area contributed by atoms with Crippen LogP contribution in [0.15, 0.2) is 18.2 Å². The van der Waals surface area contributed by atoms with E-state index in [9.17, 15) is 5.11 Å². The Bertz CT molecular complexity index is 356. The second-order valence-electron chi connectivity index (χ2n) is 5.31. The topological polar surface area (TPSA) is 20.2 Å².